The topological polar surface area (TPSA) is 115 Å². The van der Waals surface area contributed by atoms with Crippen molar-refractivity contribution in [3.8, 4) is 23.0 Å². The Kier molecular flexibility index (Phi) is 40.9. The highest BCUT2D eigenvalue weighted by Gasteiger charge is 2.20. The van der Waals surface area contributed by atoms with Gasteiger partial charge in [0.25, 0.3) is 0 Å². The molecule has 0 amide bonds. The molecule has 2 atom stereocenters. The van der Waals surface area contributed by atoms with Crippen LogP contribution >= 0.6 is 11.6 Å². The van der Waals surface area contributed by atoms with Crippen LogP contribution in [0.5, 0.6) is 23.0 Å². The van der Waals surface area contributed by atoms with E-state index in [2.05, 4.69) is 149 Å². The number of carbonyl (C=O) groups is 2. The Hall–Kier alpha value is -4.87. The Morgan fingerprint density at radius 1 is 0.382 bits per heavy atom. The highest BCUT2D eigenvalue weighted by molar-refractivity contribution is 7.98. The summed E-state index contributed by atoms with van der Waals surface area (Å²) in [5.41, 5.74) is 1.69. The third kappa shape index (κ3) is 32.3. The monoisotopic (exact) mass is 1370 g/mol. The second-order valence-electron chi connectivity index (χ2n) is 21.5. The highest BCUT2D eigenvalue weighted by atomic mass is 35.5. The summed E-state index contributed by atoms with van der Waals surface area (Å²) in [6, 6.07) is 67.9. The minimum atomic E-state index is 0.0568. The first-order valence-electron chi connectivity index (χ1n) is 28.6. The lowest BCUT2D eigenvalue weighted by atomic mass is 10.1. The van der Waals surface area contributed by atoms with E-state index in [1.807, 2.05) is 127 Å². The van der Waals surface area contributed by atoms with Gasteiger partial charge in [-0.3, -0.25) is 9.59 Å². The Labute approximate surface area is 563 Å². The zero-order valence-corrected chi connectivity index (χ0v) is 62.5. The number of benzene rings is 9. The minimum absolute atomic E-state index is 0.0568. The van der Waals surface area contributed by atoms with Gasteiger partial charge in [0.15, 0.2) is 41.2 Å². The molecule has 0 fully saturated rings. The van der Waals surface area contributed by atoms with Crippen LogP contribution in [-0.4, -0.2) is 148 Å². The van der Waals surface area contributed by atoms with E-state index in [1.165, 1.54) is 43.6 Å². The van der Waals surface area contributed by atoms with Gasteiger partial charge in [-0.2, -0.15) is 0 Å². The van der Waals surface area contributed by atoms with E-state index in [0.717, 1.165) is 32.0 Å². The minimum Gasteiger partial charge on any atom is -0.508 e. The van der Waals surface area contributed by atoms with Crippen LogP contribution in [0.4, 0.5) is 0 Å². The van der Waals surface area contributed by atoms with Gasteiger partial charge >= 0.3 is 0 Å². The molecule has 0 aliphatic heterocycles. The summed E-state index contributed by atoms with van der Waals surface area (Å²) in [4.78, 5) is 29.8. The molecule has 4 N–H and O–H groups in total. The molecule has 0 bridgehead atoms. The van der Waals surface area contributed by atoms with Crippen LogP contribution < -0.4 is 0 Å². The number of hydrogen-bond acceptors (Lipinski definition) is 6. The number of phenols is 4. The maximum atomic E-state index is 11.8. The smallest absolute Gasteiger partial charge is 0.211 e. The van der Waals surface area contributed by atoms with Gasteiger partial charge in [0.05, 0.1) is 42.9 Å². The molecule has 15 heteroatoms. The summed E-state index contributed by atoms with van der Waals surface area (Å²) in [5, 5.41) is 42.5. The Morgan fingerprint density at radius 3 is 1.20 bits per heavy atom. The fraction of sp³-hybridized carbons (Fsp3) is 0.297. The molecule has 0 radical (unpaired) electrons. The number of alkyl halides is 1. The number of carbonyl (C=O) groups excluding carboxylic acids is 2. The van der Waals surface area contributed by atoms with Crippen LogP contribution in [-0.2, 0) is 87.2 Å². The fourth-order valence-corrected chi connectivity index (χ4v) is 14.4. The van der Waals surface area contributed by atoms with Gasteiger partial charge in [0.1, 0.15) is 85.1 Å². The largest absolute Gasteiger partial charge is 0.508 e. The summed E-state index contributed by atoms with van der Waals surface area (Å²) in [5.74, 6) is 4.28. The molecular formula is C74H99ClO6S8+8. The molecule has 0 spiro atoms. The number of rotatable bonds is 15. The highest BCUT2D eigenvalue weighted by Crippen LogP contribution is 2.36. The van der Waals surface area contributed by atoms with Gasteiger partial charge < -0.3 is 20.4 Å². The molecule has 9 aromatic carbocycles. The molecule has 0 aliphatic carbocycles. The van der Waals surface area contributed by atoms with Crippen molar-refractivity contribution >= 4 is 132 Å². The van der Waals surface area contributed by atoms with Crippen LogP contribution in [0.2, 0.25) is 0 Å². The van der Waals surface area contributed by atoms with Crippen molar-refractivity contribution in [2.45, 2.75) is 44.2 Å². The molecule has 0 heterocycles. The molecule has 0 saturated carbocycles. The zero-order chi connectivity index (χ0) is 66.4. The number of unbranched alkanes of at least 4 members (excludes halogenated alkanes) is 1. The van der Waals surface area contributed by atoms with E-state index < -0.39 is 0 Å². The molecular weight excluding hydrogens is 1280 g/mol. The molecule has 2 unspecified atom stereocenters. The van der Waals surface area contributed by atoms with Crippen LogP contribution in [0.25, 0.3) is 21.5 Å². The van der Waals surface area contributed by atoms with Crippen LogP contribution in [0, 0.1) is 0 Å². The number of fused-ring (bicyclic) bond motifs is 2. The van der Waals surface area contributed by atoms with Crippen molar-refractivity contribution in [2.75, 3.05) is 116 Å². The molecule has 478 valence electrons. The van der Waals surface area contributed by atoms with E-state index in [4.69, 9.17) is 16.7 Å². The van der Waals surface area contributed by atoms with E-state index in [1.54, 1.807) is 36.4 Å². The lowest BCUT2D eigenvalue weighted by Gasteiger charge is -2.06. The third-order valence-corrected chi connectivity index (χ3v) is 22.2. The Bertz CT molecular complexity index is 3350. The predicted octanol–water partition coefficient (Wildman–Crippen LogP) is 16.5. The first-order valence-corrected chi connectivity index (χ1v) is 45.8. The lowest BCUT2D eigenvalue weighted by Crippen LogP contribution is -2.18. The standard InChI is InChI=1S/C13H19OS.C12H12O2S.C12H12OS.C10H13OS.C8H10ClS.C8H10OS.C8H11S.C3H9S/c1-3-4-10-15(2)11-13(14)12-8-6-5-7-9-12;1-15(2)11-7-6-9(13)8-4-3-5-10(14)12(8)11;1-14(2)12-8-7-11(13)9-5-3-4-6-10(9)12;1-12(2)8-10(11)9-6-4-3-5-7-9;1-10(7-9)8-5-3-2-4-6-8;1-10(2)8-5-3-7(9)4-6-8;1-9(2)8-6-4-3-5-7-8;1-4(2)3/h5-9H,3-4,10-11H2,1-2H3;3-7H,1-2H3,(H-,13,14);3-8H,1-2H3;3-7H,8H2,1-2H3;2-6H,7H2,1H3;3-6H,1-2H3;3-7H,1-2H3;1-3H3/q+1;;;2*+1;;2*+1/p+3. The maximum Gasteiger partial charge on any atom is 0.211 e. The number of phenolic OH excluding ortho intramolecular Hbond substituents is 4. The van der Waals surface area contributed by atoms with Gasteiger partial charge in [-0.05, 0) is 124 Å². The van der Waals surface area contributed by atoms with Gasteiger partial charge in [-0.25, -0.2) is 0 Å². The number of Topliss-reactive ketones (excluding diaryl/α,β-unsaturated/α-hetero) is 2. The number of hydrogen-bond donors (Lipinski definition) is 4. The summed E-state index contributed by atoms with van der Waals surface area (Å²) < 4.78 is 0. The normalized spacial score (nSPS) is 11.1. The summed E-state index contributed by atoms with van der Waals surface area (Å²) >= 11 is 5.70. The van der Waals surface area contributed by atoms with E-state index in [9.17, 15) is 24.9 Å². The second kappa shape index (κ2) is 45.4. The molecule has 9 aromatic rings. The maximum absolute atomic E-state index is 11.8. The predicted molar refractivity (Wildman–Crippen MR) is 415 cm³/mol. The van der Waals surface area contributed by atoms with Crippen LogP contribution in [0.1, 0.15) is 40.5 Å². The first-order chi connectivity index (χ1) is 42.3. The second-order valence-corrected chi connectivity index (χ2v) is 39.4. The lowest BCUT2D eigenvalue weighted by molar-refractivity contribution is 0.101. The van der Waals surface area contributed by atoms with Crippen molar-refractivity contribution in [1.29, 1.82) is 0 Å². The summed E-state index contributed by atoms with van der Waals surface area (Å²) in [6.07, 6.45) is 34.9. The number of halogens is 1. The molecule has 0 aromatic heterocycles. The molecule has 89 heavy (non-hydrogen) atoms. The Balaban J connectivity index is 0.000000353. The van der Waals surface area contributed by atoms with Crippen molar-refractivity contribution < 1.29 is 30.0 Å². The van der Waals surface area contributed by atoms with Crippen molar-refractivity contribution in [3.63, 3.8) is 0 Å². The number of aromatic hydroxyl groups is 4. The third-order valence-electron chi connectivity index (χ3n) is 12.4. The molecule has 0 aliphatic rings. The van der Waals surface area contributed by atoms with Gasteiger partial charge in [0.2, 0.25) is 11.6 Å². The van der Waals surface area contributed by atoms with Gasteiger partial charge in [0, 0.05) is 81.8 Å². The molecule has 0 saturated heterocycles. The van der Waals surface area contributed by atoms with E-state index in [-0.39, 0.29) is 77.5 Å². The molecule has 9 rings (SSSR count). The average molecular weight is 1380 g/mol. The molecule has 6 nitrogen and oxygen atoms in total. The fourth-order valence-electron chi connectivity index (χ4n) is 7.78. The summed E-state index contributed by atoms with van der Waals surface area (Å²) in [7, 11) is 2.32. The first kappa shape index (κ1) is 80.2. The average Bonchev–Trinajstić information content (AvgIpc) is 1.07. The van der Waals surface area contributed by atoms with Crippen LogP contribution in [0.3, 0.4) is 0 Å². The number of ketones is 2. The zero-order valence-electron chi connectivity index (χ0n) is 55.2. The summed E-state index contributed by atoms with van der Waals surface area (Å²) in [6.45, 7) is 2.19. The quantitative estimate of drug-likeness (QED) is 0.0462. The van der Waals surface area contributed by atoms with Crippen molar-refractivity contribution in [1.82, 2.24) is 0 Å². The van der Waals surface area contributed by atoms with E-state index >= 15 is 0 Å². The van der Waals surface area contributed by atoms with Gasteiger partial charge in [-0.1, -0.05) is 152 Å². The Morgan fingerprint density at radius 2 is 0.775 bits per heavy atom. The van der Waals surface area contributed by atoms with Crippen molar-refractivity contribution in [2.24, 2.45) is 0 Å². The SMILES string of the molecule is CCCC[S+](C)CC(=O)c1ccccc1.C[S+](C)C.C[S+](C)CC(=O)c1ccccc1.C[S+](C)c1ccc(O)c2cccc(O)c12.C[S+](C)c1ccc(O)c2ccccc12.C[S+](C)c1ccc(O)cc1.C[S+](C)c1ccccc1.C[S+](CCl)c1ccccc1. The van der Waals surface area contributed by atoms with E-state index in [0.29, 0.717) is 61.1 Å². The van der Waals surface area contributed by atoms with Crippen LogP contribution in [0.15, 0.2) is 237 Å². The van der Waals surface area contributed by atoms with Gasteiger partial charge in [-0.15, -0.1) is 0 Å². The van der Waals surface area contributed by atoms with Crippen molar-refractivity contribution in [3.05, 3.63) is 223 Å².